The van der Waals surface area contributed by atoms with Crippen LogP contribution >= 0.6 is 11.6 Å². The summed E-state index contributed by atoms with van der Waals surface area (Å²) in [6.07, 6.45) is 0.608. The summed E-state index contributed by atoms with van der Waals surface area (Å²) in [5.74, 6) is 0.942. The van der Waals surface area contributed by atoms with E-state index in [-0.39, 0.29) is 0 Å². The Bertz CT molecular complexity index is 507. The molecule has 0 unspecified atom stereocenters. The second-order valence-corrected chi connectivity index (χ2v) is 6.46. The summed E-state index contributed by atoms with van der Waals surface area (Å²) in [7, 11) is 0.981. The monoisotopic (exact) mass is 306 g/mol. The number of benzene rings is 1. The highest BCUT2D eigenvalue weighted by atomic mass is 35.5. The summed E-state index contributed by atoms with van der Waals surface area (Å²) in [4.78, 5) is 0. The number of hydrogen-bond acceptors (Lipinski definition) is 3. The zero-order valence-electron chi connectivity index (χ0n) is 11.3. The Balaban J connectivity index is 3.00. The van der Waals surface area contributed by atoms with E-state index >= 15 is 0 Å². The Hall–Kier alpha value is -0.980. The highest BCUT2D eigenvalue weighted by Crippen LogP contribution is 2.29. The number of alkyl halides is 1. The van der Waals surface area contributed by atoms with Gasteiger partial charge in [0.25, 0.3) is 0 Å². The van der Waals surface area contributed by atoms with Gasteiger partial charge in [0.05, 0.1) is 12.8 Å². The van der Waals surface area contributed by atoms with Crippen LogP contribution in [0.15, 0.2) is 24.3 Å². The van der Waals surface area contributed by atoms with E-state index in [0.29, 0.717) is 30.3 Å². The van der Waals surface area contributed by atoms with Crippen LogP contribution in [0.3, 0.4) is 0 Å². The maximum Gasteiger partial charge on any atom is 0.303 e. The van der Waals surface area contributed by atoms with E-state index in [0.717, 1.165) is 0 Å². The molecule has 0 saturated heterocycles. The molecule has 0 aromatic heterocycles. The molecule has 0 fully saturated rings. The predicted octanol–water partition coefficient (Wildman–Crippen LogP) is 1.94. The molecular formula is C12H19ClN2O3S. The van der Waals surface area contributed by atoms with Gasteiger partial charge in [0, 0.05) is 26.5 Å². The average molecular weight is 307 g/mol. The van der Waals surface area contributed by atoms with Gasteiger partial charge in [0.1, 0.15) is 5.75 Å². The fraction of sp³-hybridized carbons (Fsp3) is 0.500. The molecule has 0 saturated carbocycles. The van der Waals surface area contributed by atoms with Crippen LogP contribution in [0.1, 0.15) is 6.42 Å². The van der Waals surface area contributed by atoms with Crippen molar-refractivity contribution >= 4 is 27.5 Å². The van der Waals surface area contributed by atoms with E-state index < -0.39 is 10.2 Å². The van der Waals surface area contributed by atoms with Crippen LogP contribution in [0, 0.1) is 0 Å². The molecule has 0 aliphatic rings. The molecule has 0 amide bonds. The number of anilines is 1. The molecule has 0 heterocycles. The molecule has 108 valence electrons. The van der Waals surface area contributed by atoms with E-state index in [4.69, 9.17) is 16.3 Å². The SMILES string of the molecule is COc1ccccc1N(C)S(=O)(=O)N(C)CCCCl. The second-order valence-electron chi connectivity index (χ2n) is 4.01. The van der Waals surface area contributed by atoms with E-state index in [9.17, 15) is 8.42 Å². The maximum atomic E-state index is 12.4. The molecule has 0 atom stereocenters. The number of para-hydroxylation sites is 2. The number of ether oxygens (including phenoxy) is 1. The zero-order chi connectivity index (χ0) is 14.5. The summed E-state index contributed by atoms with van der Waals surface area (Å²) in [6.45, 7) is 0.380. The van der Waals surface area contributed by atoms with Crippen molar-refractivity contribution in [1.82, 2.24) is 4.31 Å². The fourth-order valence-electron chi connectivity index (χ4n) is 1.62. The van der Waals surface area contributed by atoms with Gasteiger partial charge in [-0.2, -0.15) is 12.7 Å². The maximum absolute atomic E-state index is 12.4. The Morgan fingerprint density at radius 2 is 1.89 bits per heavy atom. The second kappa shape index (κ2) is 6.98. The first-order valence-electron chi connectivity index (χ1n) is 5.84. The number of nitrogens with zero attached hydrogens (tertiary/aromatic N) is 2. The van der Waals surface area contributed by atoms with E-state index in [1.54, 1.807) is 24.3 Å². The molecule has 1 aromatic rings. The molecule has 1 rings (SSSR count). The van der Waals surface area contributed by atoms with Crippen molar-refractivity contribution in [3.63, 3.8) is 0 Å². The van der Waals surface area contributed by atoms with Crippen molar-refractivity contribution in [3.05, 3.63) is 24.3 Å². The predicted molar refractivity (Wildman–Crippen MR) is 78.3 cm³/mol. The summed E-state index contributed by atoms with van der Waals surface area (Å²) < 4.78 is 32.4. The van der Waals surface area contributed by atoms with Crippen molar-refractivity contribution in [3.8, 4) is 5.75 Å². The first kappa shape index (κ1) is 16.1. The molecule has 1 aromatic carbocycles. The summed E-state index contributed by atoms with van der Waals surface area (Å²) >= 11 is 5.58. The standard InChI is InChI=1S/C12H19ClN2O3S/c1-14(10-6-9-13)19(16,17)15(2)11-7-4-5-8-12(11)18-3/h4-5,7-8H,6,9-10H2,1-3H3. The van der Waals surface area contributed by atoms with Crippen LogP contribution in [0.25, 0.3) is 0 Å². The smallest absolute Gasteiger partial charge is 0.303 e. The van der Waals surface area contributed by atoms with Crippen LogP contribution in [0.5, 0.6) is 5.75 Å². The van der Waals surface area contributed by atoms with Gasteiger partial charge in [0.15, 0.2) is 0 Å². The molecule has 19 heavy (non-hydrogen) atoms. The molecule has 0 N–H and O–H groups in total. The van der Waals surface area contributed by atoms with Crippen molar-refractivity contribution in [2.24, 2.45) is 0 Å². The van der Waals surface area contributed by atoms with Crippen molar-refractivity contribution in [2.75, 3.05) is 37.9 Å². The summed E-state index contributed by atoms with van der Waals surface area (Å²) in [5.41, 5.74) is 0.503. The van der Waals surface area contributed by atoms with Crippen LogP contribution in [0.2, 0.25) is 0 Å². The molecule has 7 heteroatoms. The zero-order valence-corrected chi connectivity index (χ0v) is 12.9. The van der Waals surface area contributed by atoms with Crippen molar-refractivity contribution in [1.29, 1.82) is 0 Å². The summed E-state index contributed by atoms with van der Waals surface area (Å²) in [6, 6.07) is 6.98. The topological polar surface area (TPSA) is 49.9 Å². The first-order valence-corrected chi connectivity index (χ1v) is 7.77. The molecule has 0 bridgehead atoms. The highest BCUT2D eigenvalue weighted by molar-refractivity contribution is 7.90. The Morgan fingerprint density at radius 3 is 2.47 bits per heavy atom. The number of methoxy groups -OCH3 is 1. The number of rotatable bonds is 7. The third-order valence-corrected chi connectivity index (χ3v) is 4.90. The van der Waals surface area contributed by atoms with Crippen molar-refractivity contribution < 1.29 is 13.2 Å². The summed E-state index contributed by atoms with van der Waals surface area (Å²) in [5, 5.41) is 0. The molecule has 0 radical (unpaired) electrons. The van der Waals surface area contributed by atoms with E-state index in [1.165, 1.54) is 29.8 Å². The van der Waals surface area contributed by atoms with Gasteiger partial charge in [-0.3, -0.25) is 4.31 Å². The average Bonchev–Trinajstić information content (AvgIpc) is 2.43. The fourth-order valence-corrected chi connectivity index (χ4v) is 2.92. The minimum absolute atomic E-state index is 0.380. The van der Waals surface area contributed by atoms with Crippen LogP contribution in [-0.4, -0.2) is 46.4 Å². The molecular weight excluding hydrogens is 288 g/mol. The third kappa shape index (κ3) is 3.75. The lowest BCUT2D eigenvalue weighted by Gasteiger charge is -2.26. The van der Waals surface area contributed by atoms with Gasteiger partial charge in [-0.25, -0.2) is 0 Å². The van der Waals surface area contributed by atoms with E-state index in [1.807, 2.05) is 0 Å². The largest absolute Gasteiger partial charge is 0.495 e. The van der Waals surface area contributed by atoms with Gasteiger partial charge < -0.3 is 4.74 Å². The molecule has 0 aliphatic heterocycles. The van der Waals surface area contributed by atoms with Crippen LogP contribution in [0.4, 0.5) is 5.69 Å². The van der Waals surface area contributed by atoms with Crippen molar-refractivity contribution in [2.45, 2.75) is 6.42 Å². The Labute approximate surface area is 119 Å². The number of hydrogen-bond donors (Lipinski definition) is 0. The Morgan fingerprint density at radius 1 is 1.26 bits per heavy atom. The quantitative estimate of drug-likeness (QED) is 0.723. The Kier molecular flexibility index (Phi) is 5.90. The van der Waals surface area contributed by atoms with E-state index in [2.05, 4.69) is 0 Å². The van der Waals surface area contributed by atoms with Gasteiger partial charge in [-0.1, -0.05) is 12.1 Å². The lowest BCUT2D eigenvalue weighted by Crippen LogP contribution is -2.40. The normalized spacial score (nSPS) is 11.6. The number of halogens is 1. The molecule has 0 spiro atoms. The minimum atomic E-state index is -3.57. The minimum Gasteiger partial charge on any atom is -0.495 e. The van der Waals surface area contributed by atoms with Gasteiger partial charge in [-0.05, 0) is 18.6 Å². The lowest BCUT2D eigenvalue weighted by molar-refractivity contribution is 0.415. The van der Waals surface area contributed by atoms with Gasteiger partial charge in [-0.15, -0.1) is 11.6 Å². The lowest BCUT2D eigenvalue weighted by atomic mass is 10.3. The highest BCUT2D eigenvalue weighted by Gasteiger charge is 2.25. The van der Waals surface area contributed by atoms with Crippen LogP contribution < -0.4 is 9.04 Å². The first-order chi connectivity index (χ1) is 8.95. The van der Waals surface area contributed by atoms with Gasteiger partial charge >= 0.3 is 10.2 Å². The van der Waals surface area contributed by atoms with Crippen LogP contribution in [-0.2, 0) is 10.2 Å². The molecule has 0 aliphatic carbocycles. The van der Waals surface area contributed by atoms with Gasteiger partial charge in [0.2, 0.25) is 0 Å². The molecule has 5 nitrogen and oxygen atoms in total. The third-order valence-electron chi connectivity index (χ3n) is 2.77.